The van der Waals surface area contributed by atoms with Gasteiger partial charge in [-0.25, -0.2) is 0 Å². The van der Waals surface area contributed by atoms with Gasteiger partial charge in [-0.3, -0.25) is 9.78 Å². The van der Waals surface area contributed by atoms with Crippen molar-refractivity contribution in [2.24, 2.45) is 5.92 Å². The van der Waals surface area contributed by atoms with Crippen LogP contribution in [0.3, 0.4) is 0 Å². The fraction of sp³-hybridized carbons (Fsp3) is 0.400. The molecule has 7 heteroatoms. The first kappa shape index (κ1) is 21.0. The van der Waals surface area contributed by atoms with E-state index in [1.807, 2.05) is 18.2 Å². The van der Waals surface area contributed by atoms with Gasteiger partial charge in [0.25, 0.3) is 0 Å². The zero-order valence-corrected chi connectivity index (χ0v) is 16.4. The van der Waals surface area contributed by atoms with Crippen molar-refractivity contribution >= 4 is 24.0 Å². The lowest BCUT2D eigenvalue weighted by atomic mass is 9.92. The van der Waals surface area contributed by atoms with Gasteiger partial charge in [-0.05, 0) is 44.5 Å². The Morgan fingerprint density at radius 1 is 1.33 bits per heavy atom. The third kappa shape index (κ3) is 5.84. The first-order chi connectivity index (χ1) is 12.7. The first-order valence-corrected chi connectivity index (χ1v) is 8.89. The Morgan fingerprint density at radius 2 is 2.19 bits per heavy atom. The van der Waals surface area contributed by atoms with Gasteiger partial charge in [0.15, 0.2) is 11.5 Å². The molecule has 0 spiro atoms. The van der Waals surface area contributed by atoms with Gasteiger partial charge >= 0.3 is 0 Å². The van der Waals surface area contributed by atoms with Gasteiger partial charge in [-0.15, -0.1) is 12.4 Å². The summed E-state index contributed by atoms with van der Waals surface area (Å²) in [5, 5.41) is 6.37. The predicted molar refractivity (Wildman–Crippen MR) is 108 cm³/mol. The van der Waals surface area contributed by atoms with Crippen LogP contribution in [0.2, 0.25) is 0 Å². The van der Waals surface area contributed by atoms with Gasteiger partial charge in [-0.1, -0.05) is 6.07 Å². The number of pyridine rings is 1. The minimum Gasteiger partial charge on any atom is -0.493 e. The molecule has 0 bridgehead atoms. The zero-order valence-electron chi connectivity index (χ0n) is 15.6. The maximum Gasteiger partial charge on any atom is 0.227 e. The number of benzene rings is 1. The second-order valence-electron chi connectivity index (χ2n) is 6.58. The maximum absolute atomic E-state index is 12.5. The number of piperidine rings is 1. The maximum atomic E-state index is 12.5. The zero-order chi connectivity index (χ0) is 18.4. The lowest BCUT2D eigenvalue weighted by Crippen LogP contribution is -2.40. The summed E-state index contributed by atoms with van der Waals surface area (Å²) in [5.74, 6) is 1.31. The molecule has 1 aliphatic heterocycles. The minimum absolute atomic E-state index is 0. The quantitative estimate of drug-likeness (QED) is 0.789. The van der Waals surface area contributed by atoms with Crippen LogP contribution in [0.5, 0.6) is 11.5 Å². The van der Waals surface area contributed by atoms with Crippen LogP contribution in [0.1, 0.15) is 25.3 Å². The number of carbonyl (C=O) groups excluding carboxylic acids is 1. The summed E-state index contributed by atoms with van der Waals surface area (Å²) in [7, 11) is 1.60. The van der Waals surface area contributed by atoms with Crippen molar-refractivity contribution < 1.29 is 14.3 Å². The Labute approximate surface area is 166 Å². The van der Waals surface area contributed by atoms with Crippen LogP contribution in [-0.4, -0.2) is 30.6 Å². The Kier molecular flexibility index (Phi) is 7.88. The van der Waals surface area contributed by atoms with E-state index in [4.69, 9.17) is 9.47 Å². The molecule has 2 N–H and O–H groups in total. The lowest BCUT2D eigenvalue weighted by Gasteiger charge is -2.27. The van der Waals surface area contributed by atoms with Crippen molar-refractivity contribution in [1.29, 1.82) is 0 Å². The third-order valence-corrected chi connectivity index (χ3v) is 4.54. The van der Waals surface area contributed by atoms with Gasteiger partial charge in [0.1, 0.15) is 6.61 Å². The van der Waals surface area contributed by atoms with E-state index >= 15 is 0 Å². The number of nitrogens with one attached hydrogen (secondary N) is 2. The Bertz CT molecular complexity index is 743. The number of carbonyl (C=O) groups is 1. The van der Waals surface area contributed by atoms with E-state index in [0.717, 1.165) is 24.9 Å². The summed E-state index contributed by atoms with van der Waals surface area (Å²) < 4.78 is 11.2. The highest BCUT2D eigenvalue weighted by molar-refractivity contribution is 5.93. The molecule has 1 aliphatic rings. The summed E-state index contributed by atoms with van der Waals surface area (Å²) in [6.07, 6.45) is 5.20. The summed E-state index contributed by atoms with van der Waals surface area (Å²) in [6, 6.07) is 9.62. The van der Waals surface area contributed by atoms with Crippen molar-refractivity contribution in [1.82, 2.24) is 10.3 Å². The van der Waals surface area contributed by atoms with Gasteiger partial charge in [0, 0.05) is 41.7 Å². The van der Waals surface area contributed by atoms with Crippen LogP contribution < -0.4 is 20.1 Å². The summed E-state index contributed by atoms with van der Waals surface area (Å²) in [4.78, 5) is 16.6. The lowest BCUT2D eigenvalue weighted by molar-refractivity contribution is -0.120. The minimum atomic E-state index is 0. The second kappa shape index (κ2) is 10.1. The van der Waals surface area contributed by atoms with E-state index in [9.17, 15) is 4.79 Å². The molecule has 6 nitrogen and oxygen atoms in total. The monoisotopic (exact) mass is 391 g/mol. The molecule has 27 heavy (non-hydrogen) atoms. The number of nitrogens with zero attached hydrogens (tertiary/aromatic N) is 1. The number of anilines is 1. The summed E-state index contributed by atoms with van der Waals surface area (Å²) in [5.41, 5.74) is 1.68. The van der Waals surface area contributed by atoms with E-state index in [1.165, 1.54) is 0 Å². The molecule has 1 fully saturated rings. The number of hydrogen-bond acceptors (Lipinski definition) is 5. The Hall–Kier alpha value is -2.31. The fourth-order valence-corrected chi connectivity index (χ4v) is 3.13. The number of amides is 1. The second-order valence-corrected chi connectivity index (χ2v) is 6.58. The van der Waals surface area contributed by atoms with E-state index < -0.39 is 0 Å². The standard InChI is InChI=1S/C20H25N3O3.ClH/c1-14-10-16(7-9-22-14)20(24)23-17-5-6-18(25-2)19(11-17)26-13-15-4-3-8-21-12-15;/h3-6,8,11-12,14,16,22H,7,9-10,13H2,1-2H3,(H,23,24);1H/t14-,16-;/m0./s1. The van der Waals surface area contributed by atoms with Crippen LogP contribution in [-0.2, 0) is 11.4 Å². The highest BCUT2D eigenvalue weighted by Gasteiger charge is 2.24. The van der Waals surface area contributed by atoms with Crippen LogP contribution in [0, 0.1) is 5.92 Å². The third-order valence-electron chi connectivity index (χ3n) is 4.54. The average Bonchev–Trinajstić information content (AvgIpc) is 2.67. The smallest absolute Gasteiger partial charge is 0.227 e. The van der Waals surface area contributed by atoms with Crippen molar-refractivity contribution in [3.63, 3.8) is 0 Å². The number of methoxy groups -OCH3 is 1. The molecule has 0 unspecified atom stereocenters. The first-order valence-electron chi connectivity index (χ1n) is 8.89. The van der Waals surface area contributed by atoms with Crippen molar-refractivity contribution in [3.05, 3.63) is 48.3 Å². The molecule has 0 saturated carbocycles. The molecule has 2 heterocycles. The largest absolute Gasteiger partial charge is 0.493 e. The molecule has 1 amide bonds. The molecule has 0 aliphatic carbocycles. The number of hydrogen-bond donors (Lipinski definition) is 2. The molecule has 146 valence electrons. The summed E-state index contributed by atoms with van der Waals surface area (Å²) in [6.45, 7) is 3.37. The highest BCUT2D eigenvalue weighted by Crippen LogP contribution is 2.31. The number of ether oxygens (including phenoxy) is 2. The van der Waals surface area contributed by atoms with E-state index in [-0.39, 0.29) is 24.2 Å². The molecule has 1 aromatic heterocycles. The average molecular weight is 392 g/mol. The number of halogens is 1. The fourth-order valence-electron chi connectivity index (χ4n) is 3.13. The Balaban J connectivity index is 0.00000261. The SMILES string of the molecule is COc1ccc(NC(=O)[C@H]2CCN[C@@H](C)C2)cc1OCc1cccnc1.Cl. The van der Waals surface area contributed by atoms with Gasteiger partial charge in [-0.2, -0.15) is 0 Å². The molecule has 3 rings (SSSR count). The topological polar surface area (TPSA) is 72.5 Å². The van der Waals surface area contributed by atoms with Crippen molar-refractivity contribution in [3.8, 4) is 11.5 Å². The van der Waals surface area contributed by atoms with Crippen molar-refractivity contribution in [2.45, 2.75) is 32.4 Å². The van der Waals surface area contributed by atoms with E-state index in [1.54, 1.807) is 31.6 Å². The van der Waals surface area contributed by atoms with Gasteiger partial charge in [0.05, 0.1) is 7.11 Å². The van der Waals surface area contributed by atoms with Gasteiger partial charge in [0.2, 0.25) is 5.91 Å². The molecular weight excluding hydrogens is 366 g/mol. The van der Waals surface area contributed by atoms with Gasteiger partial charge < -0.3 is 20.1 Å². The van der Waals surface area contributed by atoms with Crippen LogP contribution >= 0.6 is 12.4 Å². The molecular formula is C20H26ClN3O3. The van der Waals surface area contributed by atoms with Crippen LogP contribution in [0.25, 0.3) is 0 Å². The van der Waals surface area contributed by atoms with Crippen molar-refractivity contribution in [2.75, 3.05) is 19.0 Å². The number of aromatic nitrogens is 1. The van der Waals surface area contributed by atoms with E-state index in [0.29, 0.717) is 29.8 Å². The normalized spacial score (nSPS) is 18.9. The Morgan fingerprint density at radius 3 is 2.89 bits per heavy atom. The molecule has 0 radical (unpaired) electrons. The molecule has 2 atom stereocenters. The predicted octanol–water partition coefficient (Wildman–Crippen LogP) is 3.42. The molecule has 1 saturated heterocycles. The molecule has 2 aromatic rings. The van der Waals surface area contributed by atoms with E-state index in [2.05, 4.69) is 22.5 Å². The van der Waals surface area contributed by atoms with Crippen LogP contribution in [0.15, 0.2) is 42.7 Å². The highest BCUT2D eigenvalue weighted by atomic mass is 35.5. The van der Waals surface area contributed by atoms with Crippen LogP contribution in [0.4, 0.5) is 5.69 Å². The summed E-state index contributed by atoms with van der Waals surface area (Å²) >= 11 is 0. The number of rotatable bonds is 6. The molecule has 1 aromatic carbocycles.